The Balaban J connectivity index is 2.26. The van der Waals surface area contributed by atoms with Gasteiger partial charge in [0.15, 0.2) is 0 Å². The van der Waals surface area contributed by atoms with Gasteiger partial charge in [0.05, 0.1) is 6.04 Å². The second-order valence-corrected chi connectivity index (χ2v) is 7.35. The van der Waals surface area contributed by atoms with Gasteiger partial charge in [0, 0.05) is 5.54 Å². The molecule has 16 heavy (non-hydrogen) atoms. The van der Waals surface area contributed by atoms with Crippen LogP contribution in [-0.4, -0.2) is 27.0 Å². The highest BCUT2D eigenvalue weighted by Gasteiger charge is 2.35. The van der Waals surface area contributed by atoms with E-state index < -0.39 is 0 Å². The Labute approximate surface area is 124 Å². The molecule has 0 spiro atoms. The van der Waals surface area contributed by atoms with E-state index in [1.165, 1.54) is 19.4 Å². The van der Waals surface area contributed by atoms with Gasteiger partial charge < -0.3 is 4.98 Å². The molecule has 0 bridgehead atoms. The number of nitrogens with one attached hydrogen (secondary N) is 1. The highest BCUT2D eigenvalue weighted by atomic mass is 127. The standard InChI is InChI=1S/C11H17I2N3/c1-11(2,3)16-6-4-5-7(16)10-14-8(12)9(13)15-10/h7H,4-6H2,1-3H3,(H,14,15). The molecule has 0 radical (unpaired) electrons. The molecule has 1 aromatic rings. The van der Waals surface area contributed by atoms with Gasteiger partial charge in [-0.05, 0) is 85.3 Å². The number of hydrogen-bond donors (Lipinski definition) is 1. The Morgan fingerprint density at radius 3 is 2.56 bits per heavy atom. The molecule has 1 atom stereocenters. The summed E-state index contributed by atoms with van der Waals surface area (Å²) in [6, 6.07) is 0.469. The number of halogens is 2. The van der Waals surface area contributed by atoms with Crippen LogP contribution in [0.15, 0.2) is 0 Å². The molecule has 1 saturated heterocycles. The normalized spacial score (nSPS) is 22.9. The molecule has 0 aliphatic carbocycles. The molecule has 0 amide bonds. The number of likely N-dealkylation sites (tertiary alicyclic amines) is 1. The predicted molar refractivity (Wildman–Crippen MR) is 82.5 cm³/mol. The first-order valence-corrected chi connectivity index (χ1v) is 7.73. The van der Waals surface area contributed by atoms with Crippen molar-refractivity contribution >= 4 is 45.2 Å². The number of H-pyrrole nitrogens is 1. The maximum Gasteiger partial charge on any atom is 0.133 e. The Bertz CT molecular complexity index is 362. The molecular formula is C11H17I2N3. The van der Waals surface area contributed by atoms with Crippen molar-refractivity contribution in [3.05, 3.63) is 13.2 Å². The van der Waals surface area contributed by atoms with Gasteiger partial charge in [-0.3, -0.25) is 4.90 Å². The lowest BCUT2D eigenvalue weighted by Crippen LogP contribution is -2.40. The topological polar surface area (TPSA) is 31.9 Å². The van der Waals surface area contributed by atoms with E-state index in [1.807, 2.05) is 0 Å². The van der Waals surface area contributed by atoms with Crippen LogP contribution < -0.4 is 0 Å². The molecule has 1 fully saturated rings. The van der Waals surface area contributed by atoms with E-state index in [1.54, 1.807) is 0 Å². The highest BCUT2D eigenvalue weighted by Crippen LogP contribution is 2.36. The van der Waals surface area contributed by atoms with E-state index in [2.05, 4.69) is 80.8 Å². The van der Waals surface area contributed by atoms with E-state index in [0.29, 0.717) is 6.04 Å². The Morgan fingerprint density at radius 1 is 1.38 bits per heavy atom. The number of hydrogen-bond acceptors (Lipinski definition) is 2. The summed E-state index contributed by atoms with van der Waals surface area (Å²) in [7, 11) is 0. The summed E-state index contributed by atoms with van der Waals surface area (Å²) < 4.78 is 2.25. The van der Waals surface area contributed by atoms with Gasteiger partial charge in [0.1, 0.15) is 13.2 Å². The van der Waals surface area contributed by atoms with E-state index >= 15 is 0 Å². The van der Waals surface area contributed by atoms with Gasteiger partial charge in [-0.15, -0.1) is 0 Å². The Kier molecular flexibility index (Phi) is 3.85. The third kappa shape index (κ3) is 2.55. The van der Waals surface area contributed by atoms with Crippen molar-refractivity contribution in [3.8, 4) is 0 Å². The zero-order chi connectivity index (χ0) is 11.9. The summed E-state index contributed by atoms with van der Waals surface area (Å²) in [6.45, 7) is 8.03. The monoisotopic (exact) mass is 445 g/mol. The summed E-state index contributed by atoms with van der Waals surface area (Å²) in [5.41, 5.74) is 0.227. The summed E-state index contributed by atoms with van der Waals surface area (Å²) in [6.07, 6.45) is 2.49. The van der Waals surface area contributed by atoms with E-state index in [4.69, 9.17) is 0 Å². The van der Waals surface area contributed by atoms with E-state index in [9.17, 15) is 0 Å². The van der Waals surface area contributed by atoms with Gasteiger partial charge in [-0.2, -0.15) is 0 Å². The van der Waals surface area contributed by atoms with E-state index in [-0.39, 0.29) is 5.54 Å². The lowest BCUT2D eigenvalue weighted by molar-refractivity contribution is 0.117. The van der Waals surface area contributed by atoms with Gasteiger partial charge >= 0.3 is 0 Å². The zero-order valence-electron chi connectivity index (χ0n) is 9.85. The van der Waals surface area contributed by atoms with Gasteiger partial charge in [0.2, 0.25) is 0 Å². The molecule has 2 rings (SSSR count). The lowest BCUT2D eigenvalue weighted by atomic mass is 10.0. The number of aromatic nitrogens is 2. The van der Waals surface area contributed by atoms with Crippen molar-refractivity contribution in [2.75, 3.05) is 6.54 Å². The minimum Gasteiger partial charge on any atom is -0.335 e. The maximum atomic E-state index is 4.64. The molecule has 1 aliphatic heterocycles. The third-order valence-electron chi connectivity index (χ3n) is 3.07. The number of nitrogens with zero attached hydrogens (tertiary/aromatic N) is 2. The second-order valence-electron chi connectivity index (χ2n) is 5.25. The van der Waals surface area contributed by atoms with Crippen LogP contribution in [0.3, 0.4) is 0 Å². The molecule has 2 heterocycles. The second kappa shape index (κ2) is 4.72. The Morgan fingerprint density at radius 2 is 2.06 bits per heavy atom. The maximum absolute atomic E-state index is 4.64. The average molecular weight is 445 g/mol. The number of imidazole rings is 1. The largest absolute Gasteiger partial charge is 0.335 e. The third-order valence-corrected chi connectivity index (χ3v) is 5.66. The number of rotatable bonds is 1. The fraction of sp³-hybridized carbons (Fsp3) is 0.727. The molecule has 1 aliphatic rings. The van der Waals surface area contributed by atoms with Crippen molar-refractivity contribution in [2.24, 2.45) is 0 Å². The molecule has 1 unspecified atom stereocenters. The van der Waals surface area contributed by atoms with Gasteiger partial charge in [-0.25, -0.2) is 4.98 Å². The molecule has 90 valence electrons. The summed E-state index contributed by atoms with van der Waals surface area (Å²) in [4.78, 5) is 10.6. The Hall–Kier alpha value is 0.630. The van der Waals surface area contributed by atoms with Crippen LogP contribution in [0.4, 0.5) is 0 Å². The van der Waals surface area contributed by atoms with Crippen LogP contribution in [0, 0.1) is 7.40 Å². The van der Waals surface area contributed by atoms with E-state index in [0.717, 1.165) is 13.2 Å². The van der Waals surface area contributed by atoms with Crippen molar-refractivity contribution in [3.63, 3.8) is 0 Å². The highest BCUT2D eigenvalue weighted by molar-refractivity contribution is 14.1. The minimum absolute atomic E-state index is 0.227. The minimum atomic E-state index is 0.227. The van der Waals surface area contributed by atoms with Crippen molar-refractivity contribution in [1.29, 1.82) is 0 Å². The van der Waals surface area contributed by atoms with Crippen LogP contribution in [0.5, 0.6) is 0 Å². The van der Waals surface area contributed by atoms with Crippen molar-refractivity contribution < 1.29 is 0 Å². The van der Waals surface area contributed by atoms with Crippen LogP contribution in [0.25, 0.3) is 0 Å². The molecular weight excluding hydrogens is 428 g/mol. The molecule has 0 saturated carbocycles. The van der Waals surface area contributed by atoms with Crippen LogP contribution in [0.1, 0.15) is 45.5 Å². The van der Waals surface area contributed by atoms with Crippen LogP contribution in [0.2, 0.25) is 0 Å². The quantitative estimate of drug-likeness (QED) is 0.671. The van der Waals surface area contributed by atoms with Crippen LogP contribution in [-0.2, 0) is 0 Å². The first kappa shape index (κ1) is 13.1. The first-order valence-electron chi connectivity index (χ1n) is 5.57. The summed E-state index contributed by atoms with van der Waals surface area (Å²) in [5, 5.41) is 0. The molecule has 1 aromatic heterocycles. The van der Waals surface area contributed by atoms with Gasteiger partial charge in [0.25, 0.3) is 0 Å². The van der Waals surface area contributed by atoms with Crippen LogP contribution >= 0.6 is 45.2 Å². The smallest absolute Gasteiger partial charge is 0.133 e. The first-order chi connectivity index (χ1) is 7.39. The fourth-order valence-corrected chi connectivity index (χ4v) is 3.15. The zero-order valence-corrected chi connectivity index (χ0v) is 14.2. The summed E-state index contributed by atoms with van der Waals surface area (Å²) >= 11 is 4.61. The summed E-state index contributed by atoms with van der Waals surface area (Å²) in [5.74, 6) is 1.14. The number of aromatic amines is 1. The lowest BCUT2D eigenvalue weighted by Gasteiger charge is -2.36. The molecule has 0 aromatic carbocycles. The predicted octanol–water partition coefficient (Wildman–Crippen LogP) is 3.55. The average Bonchev–Trinajstić information content (AvgIpc) is 2.72. The molecule has 5 heteroatoms. The fourth-order valence-electron chi connectivity index (χ4n) is 2.36. The van der Waals surface area contributed by atoms with Crippen molar-refractivity contribution in [2.45, 2.75) is 45.2 Å². The SMILES string of the molecule is CC(C)(C)N1CCCC1c1nc(I)c(I)[nH]1. The van der Waals surface area contributed by atoms with Gasteiger partial charge in [-0.1, -0.05) is 0 Å². The van der Waals surface area contributed by atoms with Crippen molar-refractivity contribution in [1.82, 2.24) is 14.9 Å². The molecule has 3 nitrogen and oxygen atoms in total. The molecule has 1 N–H and O–H groups in total.